The van der Waals surface area contributed by atoms with Crippen molar-refractivity contribution in [1.82, 2.24) is 0 Å². The molecule has 28 heavy (non-hydrogen) atoms. The van der Waals surface area contributed by atoms with E-state index in [1.807, 2.05) is 0 Å². The lowest BCUT2D eigenvalue weighted by Crippen LogP contribution is -2.59. The second kappa shape index (κ2) is 7.24. The fraction of sp³-hybridized carbons (Fsp3) is 0.826. The van der Waals surface area contributed by atoms with Crippen LogP contribution in [0.1, 0.15) is 58.8 Å². The van der Waals surface area contributed by atoms with Crippen molar-refractivity contribution >= 4 is 11.8 Å². The zero-order valence-electron chi connectivity index (χ0n) is 17.6. The Morgan fingerprint density at radius 2 is 1.86 bits per heavy atom. The highest BCUT2D eigenvalue weighted by molar-refractivity contribution is 5.91. The van der Waals surface area contributed by atoms with Crippen LogP contribution in [0.15, 0.2) is 12.2 Å². The number of ketones is 1. The number of esters is 1. The largest absolute Gasteiger partial charge is 0.462 e. The predicted molar refractivity (Wildman–Crippen MR) is 104 cm³/mol. The van der Waals surface area contributed by atoms with Crippen molar-refractivity contribution < 1.29 is 23.8 Å². The average molecular weight is 391 g/mol. The third-order valence-corrected chi connectivity index (χ3v) is 8.70. The Morgan fingerprint density at radius 3 is 2.54 bits per heavy atom. The molecule has 0 radical (unpaired) electrons. The van der Waals surface area contributed by atoms with Crippen LogP contribution >= 0.6 is 0 Å². The first-order valence-corrected chi connectivity index (χ1v) is 10.8. The fourth-order valence-corrected chi connectivity index (χ4v) is 7.64. The van der Waals surface area contributed by atoms with Gasteiger partial charge in [0, 0.05) is 38.4 Å². The maximum Gasteiger partial charge on any atom is 0.302 e. The lowest BCUT2D eigenvalue weighted by atomic mass is 9.45. The first-order chi connectivity index (χ1) is 13.4. The summed E-state index contributed by atoms with van der Waals surface area (Å²) in [5, 5.41) is 0. The van der Waals surface area contributed by atoms with Crippen LogP contribution in [0.2, 0.25) is 0 Å². The van der Waals surface area contributed by atoms with E-state index in [9.17, 15) is 9.59 Å². The van der Waals surface area contributed by atoms with Crippen LogP contribution in [-0.2, 0) is 23.8 Å². The average Bonchev–Trinajstić information content (AvgIpc) is 2.98. The van der Waals surface area contributed by atoms with Crippen LogP contribution in [-0.4, -0.2) is 38.4 Å². The van der Waals surface area contributed by atoms with E-state index in [4.69, 9.17) is 14.2 Å². The summed E-state index contributed by atoms with van der Waals surface area (Å²) in [6.07, 6.45) is 10.6. The van der Waals surface area contributed by atoms with Gasteiger partial charge in [0.05, 0.1) is 0 Å². The quantitative estimate of drug-likeness (QED) is 0.538. The van der Waals surface area contributed by atoms with E-state index in [1.54, 1.807) is 20.3 Å². The van der Waals surface area contributed by atoms with E-state index in [2.05, 4.69) is 13.0 Å². The Kier molecular flexibility index (Phi) is 5.20. The first-order valence-electron chi connectivity index (χ1n) is 10.8. The summed E-state index contributed by atoms with van der Waals surface area (Å²) in [6, 6.07) is 0. The number of ether oxygens (including phenoxy) is 3. The zero-order chi connectivity index (χ0) is 20.1. The summed E-state index contributed by atoms with van der Waals surface area (Å²) in [7, 11) is 3.43. The Morgan fingerprint density at radius 1 is 1.11 bits per heavy atom. The van der Waals surface area contributed by atoms with Crippen molar-refractivity contribution in [2.45, 2.75) is 71.2 Å². The number of carbonyl (C=O) groups excluding carboxylic acids is 2. The third kappa shape index (κ3) is 2.80. The second-order valence-corrected chi connectivity index (χ2v) is 9.68. The van der Waals surface area contributed by atoms with E-state index in [1.165, 1.54) is 6.92 Å². The molecule has 0 aromatic heterocycles. The highest BCUT2D eigenvalue weighted by Crippen LogP contribution is 2.66. The molecule has 0 spiro atoms. The monoisotopic (exact) mass is 390 g/mol. The van der Waals surface area contributed by atoms with Crippen molar-refractivity contribution in [1.29, 1.82) is 0 Å². The Bertz CT molecular complexity index is 668. The number of rotatable bonds is 4. The summed E-state index contributed by atoms with van der Waals surface area (Å²) in [4.78, 5) is 23.8. The molecule has 4 aliphatic carbocycles. The van der Waals surface area contributed by atoms with E-state index in [0.717, 1.165) is 38.5 Å². The van der Waals surface area contributed by atoms with E-state index < -0.39 is 0 Å². The predicted octanol–water partition coefficient (Wildman–Crippen LogP) is 3.90. The molecule has 4 aliphatic rings. The SMILES string of the molecule is COC(OC)[C@]12C=CC(=O)CC1CC[C@@H]1[C@@H]2CC[C@]2(C)C(OC(C)=O)CC[C@@H]12. The molecular weight excluding hydrogens is 356 g/mol. The van der Waals surface area contributed by atoms with Crippen LogP contribution in [0.5, 0.6) is 0 Å². The van der Waals surface area contributed by atoms with Gasteiger partial charge in [0.15, 0.2) is 12.1 Å². The minimum Gasteiger partial charge on any atom is -0.462 e. The van der Waals surface area contributed by atoms with Gasteiger partial charge in [0.1, 0.15) is 6.10 Å². The van der Waals surface area contributed by atoms with Crippen molar-refractivity contribution in [2.75, 3.05) is 14.2 Å². The van der Waals surface area contributed by atoms with Crippen LogP contribution < -0.4 is 0 Å². The molecule has 5 heteroatoms. The number of hydrogen-bond donors (Lipinski definition) is 0. The van der Waals surface area contributed by atoms with Gasteiger partial charge in [-0.1, -0.05) is 13.0 Å². The van der Waals surface area contributed by atoms with Gasteiger partial charge in [-0.25, -0.2) is 0 Å². The van der Waals surface area contributed by atoms with Gasteiger partial charge in [0.2, 0.25) is 0 Å². The Balaban J connectivity index is 1.70. The standard InChI is InChI=1S/C23H34O5/c1-14(24)28-20-8-7-18-17-6-5-15-13-16(25)9-12-23(15,21(26-3)27-4)19(17)10-11-22(18,20)2/h9,12,15,17-21H,5-8,10-11,13H2,1-4H3/t15?,17-,18-,19-,20?,22-,23+/m0/s1. The van der Waals surface area contributed by atoms with E-state index >= 15 is 0 Å². The van der Waals surface area contributed by atoms with Crippen molar-refractivity contribution in [3.8, 4) is 0 Å². The number of allylic oxidation sites excluding steroid dienone is 1. The van der Waals surface area contributed by atoms with Crippen LogP contribution in [0.3, 0.4) is 0 Å². The van der Waals surface area contributed by atoms with Gasteiger partial charge >= 0.3 is 5.97 Å². The second-order valence-electron chi connectivity index (χ2n) is 9.68. The molecule has 3 fully saturated rings. The molecular formula is C23H34O5. The zero-order valence-corrected chi connectivity index (χ0v) is 17.6. The lowest BCUT2D eigenvalue weighted by Gasteiger charge is -2.60. The molecule has 2 unspecified atom stereocenters. The van der Waals surface area contributed by atoms with E-state index in [-0.39, 0.29) is 40.9 Å². The maximum absolute atomic E-state index is 12.2. The third-order valence-electron chi connectivity index (χ3n) is 8.70. The van der Waals surface area contributed by atoms with Crippen molar-refractivity contribution in [3.63, 3.8) is 0 Å². The van der Waals surface area contributed by atoms with Gasteiger partial charge in [0.25, 0.3) is 0 Å². The topological polar surface area (TPSA) is 61.8 Å². The minimum absolute atomic E-state index is 0.0359. The number of carbonyl (C=O) groups is 2. The summed E-state index contributed by atoms with van der Waals surface area (Å²) < 4.78 is 17.4. The highest BCUT2D eigenvalue weighted by atomic mass is 16.7. The molecule has 0 bridgehead atoms. The number of hydrogen-bond acceptors (Lipinski definition) is 5. The first kappa shape index (κ1) is 20.1. The molecule has 0 N–H and O–H groups in total. The molecule has 3 saturated carbocycles. The minimum atomic E-state index is -0.329. The van der Waals surface area contributed by atoms with Gasteiger partial charge in [-0.15, -0.1) is 0 Å². The molecule has 5 nitrogen and oxygen atoms in total. The number of methoxy groups -OCH3 is 2. The smallest absolute Gasteiger partial charge is 0.302 e. The van der Waals surface area contributed by atoms with Crippen LogP contribution in [0.4, 0.5) is 0 Å². The molecule has 7 atom stereocenters. The summed E-state index contributed by atoms with van der Waals surface area (Å²) in [5.74, 6) is 1.89. The van der Waals surface area contributed by atoms with E-state index in [0.29, 0.717) is 24.2 Å². The molecule has 0 amide bonds. The van der Waals surface area contributed by atoms with Crippen molar-refractivity contribution in [2.24, 2.45) is 34.5 Å². The Hall–Kier alpha value is -1.20. The molecule has 0 saturated heterocycles. The lowest BCUT2D eigenvalue weighted by molar-refractivity contribution is -0.231. The van der Waals surface area contributed by atoms with Gasteiger partial charge in [-0.3, -0.25) is 9.59 Å². The van der Waals surface area contributed by atoms with Crippen LogP contribution in [0.25, 0.3) is 0 Å². The molecule has 0 heterocycles. The molecule has 4 rings (SSSR count). The van der Waals surface area contributed by atoms with Crippen LogP contribution in [0, 0.1) is 34.5 Å². The molecule has 0 aromatic carbocycles. The maximum atomic E-state index is 12.2. The normalized spacial score (nSPS) is 44.8. The summed E-state index contributed by atoms with van der Waals surface area (Å²) in [5.41, 5.74) is -0.175. The molecule has 156 valence electrons. The molecule has 0 aliphatic heterocycles. The van der Waals surface area contributed by atoms with Gasteiger partial charge < -0.3 is 14.2 Å². The fourth-order valence-electron chi connectivity index (χ4n) is 7.64. The molecule has 0 aromatic rings. The Labute approximate surface area is 168 Å². The summed E-state index contributed by atoms with van der Waals surface area (Å²) in [6.45, 7) is 3.85. The van der Waals surface area contributed by atoms with Gasteiger partial charge in [-0.05, 0) is 68.3 Å². The summed E-state index contributed by atoms with van der Waals surface area (Å²) >= 11 is 0. The van der Waals surface area contributed by atoms with Crippen molar-refractivity contribution in [3.05, 3.63) is 12.2 Å². The number of fused-ring (bicyclic) bond motifs is 5. The van der Waals surface area contributed by atoms with Gasteiger partial charge in [-0.2, -0.15) is 0 Å². The highest BCUT2D eigenvalue weighted by Gasteiger charge is 2.63.